The number of hydrogen-bond acceptors (Lipinski definition) is 5. The van der Waals surface area contributed by atoms with E-state index in [1.807, 2.05) is 0 Å². The van der Waals surface area contributed by atoms with E-state index >= 15 is 0 Å². The summed E-state index contributed by atoms with van der Waals surface area (Å²) in [6.07, 6.45) is 0. The molecule has 0 heterocycles. The van der Waals surface area contributed by atoms with Crippen LogP contribution in [0.15, 0.2) is 0 Å². The van der Waals surface area contributed by atoms with Gasteiger partial charge in [-0.3, -0.25) is 0 Å². The molecule has 0 rings (SSSR count). The van der Waals surface area contributed by atoms with Crippen molar-refractivity contribution >= 4 is 32.1 Å². The number of rotatable bonds is 0. The molecule has 8 heteroatoms. The second kappa shape index (κ2) is 8.38. The predicted molar refractivity (Wildman–Crippen MR) is 18.7 cm³/mol. The maximum atomic E-state index is 8.69. The van der Waals surface area contributed by atoms with Crippen LogP contribution >= 0.6 is 0 Å². The van der Waals surface area contributed by atoms with Gasteiger partial charge in [-0.15, -0.1) is 9.05 Å². The van der Waals surface area contributed by atoms with Crippen LogP contribution in [0.25, 0.3) is 0 Å². The summed E-state index contributed by atoms with van der Waals surface area (Å²) < 4.78 is 0. The maximum Gasteiger partial charge on any atom is 2.00 e. The fourth-order valence-corrected chi connectivity index (χ4v) is 0. The molecule has 0 bridgehead atoms. The molecule has 0 aliphatic carbocycles. The molecule has 0 unspecified atom stereocenters. The van der Waals surface area contributed by atoms with Gasteiger partial charge in [-0.05, 0) is 0 Å². The van der Waals surface area contributed by atoms with Gasteiger partial charge in [-0.2, -0.15) is 0 Å². The molecule has 0 amide bonds. The van der Waals surface area contributed by atoms with Crippen LogP contribution in [0, 0.1) is 0 Å². The summed E-state index contributed by atoms with van der Waals surface area (Å²) in [4.78, 5) is 33.1. The van der Waals surface area contributed by atoms with Crippen LogP contribution in [0.2, 0.25) is 0 Å². The van der Waals surface area contributed by atoms with Crippen LogP contribution in [0.1, 0.15) is 0 Å². The zero-order chi connectivity index (χ0) is 4.50. The molecule has 0 saturated heterocycles. The maximum absolute atomic E-state index is 8.69. The summed E-state index contributed by atoms with van der Waals surface area (Å²) >= 11 is 0. The molecule has 40 valence electrons. The Balaban J connectivity index is -0.0000000267. The molecular weight excluding hydrogens is 137 g/mol. The van der Waals surface area contributed by atoms with Gasteiger partial charge >= 0.3 is 41.9 Å². The average molecular weight is 141 g/mol. The van der Waals surface area contributed by atoms with Gasteiger partial charge < -0.3 is 25.3 Å². The van der Waals surface area contributed by atoms with Crippen LogP contribution in [0.4, 0.5) is 0 Å². The Labute approximate surface area is 76.1 Å². The first-order valence-corrected chi connectivity index (χ1v) is 2.51. The SMILES string of the molecule is N.[Li+].[Mg+2].[O-][Si]([O-])([O-])O. The van der Waals surface area contributed by atoms with E-state index in [2.05, 4.69) is 0 Å². The first kappa shape index (κ1) is 22.8. The fraction of sp³-hybridized carbons (Fsp3) is 0. The monoisotopic (exact) mass is 141 g/mol. The molecule has 0 saturated carbocycles. The van der Waals surface area contributed by atoms with E-state index in [1.54, 1.807) is 0 Å². The molecule has 0 aromatic carbocycles. The van der Waals surface area contributed by atoms with Crippen molar-refractivity contribution in [2.24, 2.45) is 0 Å². The summed E-state index contributed by atoms with van der Waals surface area (Å²) in [7, 11) is -5.36. The average Bonchev–Trinajstić information content (AvgIpc) is 0.722. The summed E-state index contributed by atoms with van der Waals surface area (Å²) in [5.41, 5.74) is 0. The predicted octanol–water partition coefficient (Wildman–Crippen LogP) is -7.72. The normalized spacial score (nSPS) is 7.50. The van der Waals surface area contributed by atoms with Crippen molar-refractivity contribution in [2.75, 3.05) is 0 Å². The summed E-state index contributed by atoms with van der Waals surface area (Å²) in [6.45, 7) is 0. The first-order chi connectivity index (χ1) is 2.00. The fourth-order valence-electron chi connectivity index (χ4n) is 0. The van der Waals surface area contributed by atoms with Crippen molar-refractivity contribution in [3.8, 4) is 0 Å². The third kappa shape index (κ3) is 158. The Morgan fingerprint density at radius 2 is 1.12 bits per heavy atom. The zero-order valence-electron chi connectivity index (χ0n) is 4.59. The van der Waals surface area contributed by atoms with Crippen molar-refractivity contribution in [3.05, 3.63) is 0 Å². The molecule has 0 aliphatic rings. The van der Waals surface area contributed by atoms with Gasteiger partial charge in [-0.1, -0.05) is 0 Å². The molecule has 8 heavy (non-hydrogen) atoms. The van der Waals surface area contributed by atoms with Crippen LogP contribution < -0.4 is 39.4 Å². The number of hydrogen-bond donors (Lipinski definition) is 2. The minimum Gasteiger partial charge on any atom is -0.861 e. The van der Waals surface area contributed by atoms with Gasteiger partial charge in [0.25, 0.3) is 0 Å². The van der Waals surface area contributed by atoms with E-state index in [9.17, 15) is 0 Å². The third-order valence-electron chi connectivity index (χ3n) is 0. The van der Waals surface area contributed by atoms with E-state index in [0.717, 1.165) is 0 Å². The van der Waals surface area contributed by atoms with E-state index in [4.69, 9.17) is 19.2 Å². The molecule has 5 nitrogen and oxygen atoms in total. The minimum atomic E-state index is -5.36. The van der Waals surface area contributed by atoms with Gasteiger partial charge in [0, 0.05) is 0 Å². The summed E-state index contributed by atoms with van der Waals surface area (Å²) in [5.74, 6) is 0. The molecule has 4 N–H and O–H groups in total. The van der Waals surface area contributed by atoms with Crippen LogP contribution in [0.5, 0.6) is 0 Å². The molecule has 0 aromatic rings. The molecule has 0 atom stereocenters. The molecule has 0 radical (unpaired) electrons. The topological polar surface area (TPSA) is 124 Å². The largest absolute Gasteiger partial charge is 2.00 e. The van der Waals surface area contributed by atoms with Crippen LogP contribution in [0.3, 0.4) is 0 Å². The second-order valence-electron chi connectivity index (χ2n) is 0.524. The van der Waals surface area contributed by atoms with Gasteiger partial charge in [0.2, 0.25) is 0 Å². The summed E-state index contributed by atoms with van der Waals surface area (Å²) in [6, 6.07) is 0. The van der Waals surface area contributed by atoms with E-state index < -0.39 is 9.05 Å². The Kier molecular flexibility index (Phi) is 23.8. The van der Waals surface area contributed by atoms with Gasteiger partial charge in [0.15, 0.2) is 0 Å². The van der Waals surface area contributed by atoms with Crippen molar-refractivity contribution in [1.29, 1.82) is 0 Å². The Morgan fingerprint density at radius 1 is 1.12 bits per heavy atom. The summed E-state index contributed by atoms with van der Waals surface area (Å²) in [5, 5.41) is 0. The first-order valence-electron chi connectivity index (χ1n) is 0.836. The van der Waals surface area contributed by atoms with Crippen molar-refractivity contribution < 1.29 is 38.0 Å². The van der Waals surface area contributed by atoms with Crippen molar-refractivity contribution in [1.82, 2.24) is 6.15 Å². The molecule has 0 aromatic heterocycles. The van der Waals surface area contributed by atoms with Crippen LogP contribution in [-0.2, 0) is 0 Å². The van der Waals surface area contributed by atoms with Crippen molar-refractivity contribution in [2.45, 2.75) is 0 Å². The molecular formula is H4LiMgNO4Si. The Hall–Kier alpha value is 1.38. The van der Waals surface area contributed by atoms with Gasteiger partial charge in [0.05, 0.1) is 0 Å². The molecule has 0 spiro atoms. The molecule has 0 fully saturated rings. The third-order valence-corrected chi connectivity index (χ3v) is 0. The Morgan fingerprint density at radius 3 is 1.12 bits per heavy atom. The quantitative estimate of drug-likeness (QED) is 0.324. The Bertz CT molecular complexity index is 31.5. The van der Waals surface area contributed by atoms with E-state index in [1.165, 1.54) is 0 Å². The van der Waals surface area contributed by atoms with E-state index in [0.29, 0.717) is 0 Å². The van der Waals surface area contributed by atoms with Gasteiger partial charge in [0.1, 0.15) is 0 Å². The smallest absolute Gasteiger partial charge is 0.861 e. The van der Waals surface area contributed by atoms with E-state index in [-0.39, 0.29) is 48.1 Å². The standard InChI is InChI=1S/Li.Mg.H3N.HO4Si/c;;;1-5(2,3)4/h;;1H3;1H/q+1;+2;;-3. The zero-order valence-corrected chi connectivity index (χ0v) is 7.00. The van der Waals surface area contributed by atoms with Gasteiger partial charge in [-0.25, -0.2) is 0 Å². The molecule has 0 aliphatic heterocycles. The second-order valence-corrected chi connectivity index (χ2v) is 1.57. The minimum absolute atomic E-state index is 0. The van der Waals surface area contributed by atoms with Crippen molar-refractivity contribution in [3.63, 3.8) is 0 Å². The van der Waals surface area contributed by atoms with Crippen LogP contribution in [-0.4, -0.2) is 36.9 Å².